The highest BCUT2D eigenvalue weighted by Crippen LogP contribution is 2.30. The van der Waals surface area contributed by atoms with Crippen molar-refractivity contribution in [2.45, 2.75) is 32.4 Å². The van der Waals surface area contributed by atoms with Gasteiger partial charge in [0, 0.05) is 39.6 Å². The topological polar surface area (TPSA) is 43.8 Å². The summed E-state index contributed by atoms with van der Waals surface area (Å²) in [6.45, 7) is 4.15. The zero-order valence-electron chi connectivity index (χ0n) is 9.93. The Morgan fingerprint density at radius 1 is 1.59 bits per heavy atom. The molecule has 0 saturated carbocycles. The first kappa shape index (κ1) is 12.8. The van der Waals surface area contributed by atoms with Gasteiger partial charge in [-0.05, 0) is 28.9 Å². The molecule has 0 aliphatic rings. The Bertz CT molecular complexity index is 489. The Morgan fingerprint density at radius 3 is 2.88 bits per heavy atom. The summed E-state index contributed by atoms with van der Waals surface area (Å²) in [5.41, 5.74) is 6.14. The number of aromatic nitrogens is 2. The van der Waals surface area contributed by atoms with Crippen LogP contribution in [0.25, 0.3) is 0 Å². The summed E-state index contributed by atoms with van der Waals surface area (Å²) in [6, 6.07) is 2.36. The lowest BCUT2D eigenvalue weighted by Gasteiger charge is -2.23. The highest BCUT2D eigenvalue weighted by atomic mass is 79.9. The quantitative estimate of drug-likeness (QED) is 0.942. The molecule has 2 rings (SSSR count). The molecule has 0 fully saturated rings. The zero-order chi connectivity index (χ0) is 12.4. The van der Waals surface area contributed by atoms with Crippen molar-refractivity contribution in [1.82, 2.24) is 9.55 Å². The van der Waals surface area contributed by atoms with Gasteiger partial charge in [-0.2, -0.15) is 0 Å². The first-order valence-corrected chi connectivity index (χ1v) is 7.32. The van der Waals surface area contributed by atoms with Crippen LogP contribution in [0.4, 0.5) is 0 Å². The maximum absolute atomic E-state index is 6.14. The van der Waals surface area contributed by atoms with Crippen molar-refractivity contribution < 1.29 is 0 Å². The molecule has 2 aromatic rings. The maximum Gasteiger partial charge on any atom is 0.108 e. The second-order valence-corrected chi connectivity index (χ2v) is 5.93. The largest absolute Gasteiger partial charge is 0.326 e. The summed E-state index contributed by atoms with van der Waals surface area (Å²) in [7, 11) is 0. The first-order chi connectivity index (χ1) is 8.13. The Morgan fingerprint density at radius 2 is 2.35 bits per heavy atom. The smallest absolute Gasteiger partial charge is 0.108 e. The van der Waals surface area contributed by atoms with Crippen molar-refractivity contribution in [2.75, 3.05) is 0 Å². The molecule has 17 heavy (non-hydrogen) atoms. The third-order valence-electron chi connectivity index (χ3n) is 2.74. The molecule has 2 N–H and O–H groups in total. The molecule has 2 heterocycles. The molecule has 0 amide bonds. The molecule has 2 unspecified atom stereocenters. The molecule has 0 aliphatic carbocycles. The molecule has 2 aromatic heterocycles. The molecule has 0 saturated heterocycles. The van der Waals surface area contributed by atoms with Gasteiger partial charge in [-0.3, -0.25) is 0 Å². The fraction of sp³-hybridized carbons (Fsp3) is 0.417. The molecule has 0 aliphatic heterocycles. The van der Waals surface area contributed by atoms with Crippen LogP contribution in [0.3, 0.4) is 0 Å². The van der Waals surface area contributed by atoms with E-state index in [9.17, 15) is 0 Å². The monoisotopic (exact) mass is 313 g/mol. The van der Waals surface area contributed by atoms with Gasteiger partial charge in [0.15, 0.2) is 0 Å². The second-order valence-electron chi connectivity index (χ2n) is 4.08. The number of hydrogen-bond donors (Lipinski definition) is 1. The van der Waals surface area contributed by atoms with Crippen LogP contribution in [0, 0.1) is 0 Å². The summed E-state index contributed by atoms with van der Waals surface area (Å²) >= 11 is 5.22. The Hall–Kier alpha value is -0.650. The summed E-state index contributed by atoms with van der Waals surface area (Å²) in [6.07, 6.45) is 4.78. The third kappa shape index (κ3) is 2.61. The number of nitrogens with zero attached hydrogens (tertiary/aromatic N) is 2. The SMILES string of the molecule is CCc1nccn1C(c1cc(Br)cs1)C(C)N. The molecule has 2 atom stereocenters. The third-order valence-corrected chi connectivity index (χ3v) is 4.51. The van der Waals surface area contributed by atoms with E-state index in [-0.39, 0.29) is 12.1 Å². The van der Waals surface area contributed by atoms with E-state index in [4.69, 9.17) is 5.73 Å². The fourth-order valence-corrected chi connectivity index (χ4v) is 3.66. The van der Waals surface area contributed by atoms with Gasteiger partial charge >= 0.3 is 0 Å². The van der Waals surface area contributed by atoms with Crippen LogP contribution in [0.1, 0.15) is 30.6 Å². The number of thiophene rings is 1. The molecule has 5 heteroatoms. The maximum atomic E-state index is 6.14. The molecular formula is C12H16BrN3S. The lowest BCUT2D eigenvalue weighted by atomic mass is 10.1. The van der Waals surface area contributed by atoms with Crippen LogP contribution in [0.5, 0.6) is 0 Å². The van der Waals surface area contributed by atoms with E-state index in [0.29, 0.717) is 0 Å². The van der Waals surface area contributed by atoms with Crippen LogP contribution < -0.4 is 5.73 Å². The summed E-state index contributed by atoms with van der Waals surface area (Å²) in [5, 5.41) is 2.09. The van der Waals surface area contributed by atoms with Gasteiger partial charge in [-0.25, -0.2) is 4.98 Å². The van der Waals surface area contributed by atoms with Crippen LogP contribution in [0.2, 0.25) is 0 Å². The first-order valence-electron chi connectivity index (χ1n) is 5.64. The van der Waals surface area contributed by atoms with E-state index in [1.54, 1.807) is 11.3 Å². The van der Waals surface area contributed by atoms with Gasteiger partial charge in [0.25, 0.3) is 0 Å². The summed E-state index contributed by atoms with van der Waals surface area (Å²) < 4.78 is 3.30. The minimum Gasteiger partial charge on any atom is -0.326 e. The number of imidazole rings is 1. The van der Waals surface area contributed by atoms with E-state index in [2.05, 4.69) is 43.9 Å². The van der Waals surface area contributed by atoms with Crippen molar-refractivity contribution in [3.8, 4) is 0 Å². The zero-order valence-corrected chi connectivity index (χ0v) is 12.3. The summed E-state index contributed by atoms with van der Waals surface area (Å²) in [4.78, 5) is 5.63. The van der Waals surface area contributed by atoms with E-state index in [1.807, 2.05) is 19.3 Å². The second kappa shape index (κ2) is 5.33. The number of hydrogen-bond acceptors (Lipinski definition) is 3. The van der Waals surface area contributed by atoms with Crippen LogP contribution in [0.15, 0.2) is 28.3 Å². The average molecular weight is 314 g/mol. The molecule has 0 spiro atoms. The van der Waals surface area contributed by atoms with Crippen molar-refractivity contribution >= 4 is 27.3 Å². The minimum absolute atomic E-state index is 0.0556. The average Bonchev–Trinajstić information content (AvgIpc) is 2.88. The number of nitrogens with two attached hydrogens (primary N) is 1. The number of aryl methyl sites for hydroxylation is 1. The van der Waals surface area contributed by atoms with E-state index < -0.39 is 0 Å². The van der Waals surface area contributed by atoms with Gasteiger partial charge in [-0.1, -0.05) is 6.92 Å². The summed E-state index contributed by atoms with van der Waals surface area (Å²) in [5.74, 6) is 1.08. The molecule has 3 nitrogen and oxygen atoms in total. The van der Waals surface area contributed by atoms with Gasteiger partial charge < -0.3 is 10.3 Å². The van der Waals surface area contributed by atoms with Gasteiger partial charge in [0.1, 0.15) is 5.82 Å². The highest BCUT2D eigenvalue weighted by Gasteiger charge is 2.21. The normalized spacial score (nSPS) is 14.8. The minimum atomic E-state index is 0.0556. The van der Waals surface area contributed by atoms with Crippen molar-refractivity contribution in [3.63, 3.8) is 0 Å². The molecule has 0 radical (unpaired) electrons. The molecule has 92 valence electrons. The van der Waals surface area contributed by atoms with Crippen LogP contribution in [-0.2, 0) is 6.42 Å². The predicted molar refractivity (Wildman–Crippen MR) is 75.4 cm³/mol. The van der Waals surface area contributed by atoms with E-state index in [1.165, 1.54) is 4.88 Å². The van der Waals surface area contributed by atoms with Gasteiger partial charge in [-0.15, -0.1) is 11.3 Å². The van der Waals surface area contributed by atoms with E-state index >= 15 is 0 Å². The molecule has 0 bridgehead atoms. The van der Waals surface area contributed by atoms with E-state index in [0.717, 1.165) is 16.7 Å². The Balaban J connectivity index is 2.42. The van der Waals surface area contributed by atoms with Gasteiger partial charge in [0.2, 0.25) is 0 Å². The Labute approximate surface area is 114 Å². The Kier molecular flexibility index (Phi) is 4.01. The fourth-order valence-electron chi connectivity index (χ4n) is 2.00. The van der Waals surface area contributed by atoms with Crippen molar-refractivity contribution in [3.05, 3.63) is 39.0 Å². The van der Waals surface area contributed by atoms with Crippen molar-refractivity contribution in [2.24, 2.45) is 5.73 Å². The molecular weight excluding hydrogens is 298 g/mol. The van der Waals surface area contributed by atoms with Gasteiger partial charge in [0.05, 0.1) is 6.04 Å². The lowest BCUT2D eigenvalue weighted by Crippen LogP contribution is -2.30. The predicted octanol–water partition coefficient (Wildman–Crippen LogP) is 3.21. The number of rotatable bonds is 4. The van der Waals surface area contributed by atoms with Crippen molar-refractivity contribution in [1.29, 1.82) is 0 Å². The lowest BCUT2D eigenvalue weighted by molar-refractivity contribution is 0.488. The number of halogens is 1. The standard InChI is InChI=1S/C12H16BrN3S/c1-3-11-15-4-5-16(11)12(8(2)14)10-6-9(13)7-17-10/h4-8,12H,3,14H2,1-2H3. The van der Waals surface area contributed by atoms with Crippen LogP contribution in [-0.4, -0.2) is 15.6 Å². The molecule has 0 aromatic carbocycles. The van der Waals surface area contributed by atoms with Crippen LogP contribution >= 0.6 is 27.3 Å². The highest BCUT2D eigenvalue weighted by molar-refractivity contribution is 9.10.